The number of aromatic nitrogens is 1. The third-order valence-corrected chi connectivity index (χ3v) is 6.43. The van der Waals surface area contributed by atoms with Gasteiger partial charge in [-0.05, 0) is 44.0 Å². The number of imide groups is 1. The number of sulfone groups is 1. The first-order chi connectivity index (χ1) is 17.3. The topological polar surface area (TPSA) is 132 Å². The lowest BCUT2D eigenvalue weighted by molar-refractivity contribution is -0.117. The highest BCUT2D eigenvalue weighted by atomic mass is 32.2. The molecule has 1 fully saturated rings. The summed E-state index contributed by atoms with van der Waals surface area (Å²) in [7, 11) is -6.56. The van der Waals surface area contributed by atoms with E-state index in [4.69, 9.17) is 13.6 Å². The van der Waals surface area contributed by atoms with Crippen LogP contribution >= 0.6 is 0 Å². The van der Waals surface area contributed by atoms with Crippen molar-refractivity contribution in [3.05, 3.63) is 47.2 Å². The Balaban J connectivity index is 1.76. The molecule has 0 saturated heterocycles. The van der Waals surface area contributed by atoms with Gasteiger partial charge in [0.1, 0.15) is 9.84 Å². The molecule has 2 heterocycles. The van der Waals surface area contributed by atoms with Crippen LogP contribution < -0.4 is 14.8 Å². The minimum absolute atomic E-state index is 0.0180. The van der Waals surface area contributed by atoms with E-state index < -0.39 is 40.5 Å². The molecule has 1 saturated carbocycles. The predicted octanol–water partition coefficient (Wildman–Crippen LogP) is 2.22. The van der Waals surface area contributed by atoms with Gasteiger partial charge in [0, 0.05) is 12.2 Å². The maximum Gasteiger partial charge on any atom is 0.264 e. The number of pyridine rings is 1. The maximum absolute atomic E-state index is 13.6. The van der Waals surface area contributed by atoms with Crippen LogP contribution in [0.4, 0.5) is 5.69 Å². The van der Waals surface area contributed by atoms with Gasteiger partial charge in [0.05, 0.1) is 52.1 Å². The summed E-state index contributed by atoms with van der Waals surface area (Å²) in [6, 6.07) is 5.59. The number of amides is 3. The van der Waals surface area contributed by atoms with Gasteiger partial charge in [-0.15, -0.1) is 0 Å². The molecular weight excluding hydrogens is 462 g/mol. The molecule has 0 unspecified atom stereocenters. The molecule has 10 nitrogen and oxygen atoms in total. The first kappa shape index (κ1) is 20.0. The molecule has 1 N–H and O–H groups in total. The van der Waals surface area contributed by atoms with Crippen molar-refractivity contribution in [2.45, 2.75) is 25.8 Å². The van der Waals surface area contributed by atoms with Crippen LogP contribution in [0.3, 0.4) is 0 Å². The Bertz CT molecular complexity index is 1370. The number of rotatable bonds is 9. The minimum Gasteiger partial charge on any atom is -0.491 e. The lowest BCUT2D eigenvalue weighted by atomic mass is 10.1. The third-order valence-electron chi connectivity index (χ3n) is 5.50. The van der Waals surface area contributed by atoms with E-state index in [1.807, 2.05) is 0 Å². The van der Waals surface area contributed by atoms with Crippen molar-refractivity contribution in [1.29, 1.82) is 0 Å². The molecule has 4 rings (SSSR count). The smallest absolute Gasteiger partial charge is 0.264 e. The Kier molecular flexibility index (Phi) is 5.31. The number of fused-ring (bicyclic) bond motifs is 1. The number of carbonyl (C=O) groups is 3. The van der Waals surface area contributed by atoms with Gasteiger partial charge >= 0.3 is 0 Å². The lowest BCUT2D eigenvalue weighted by Crippen LogP contribution is -2.38. The minimum atomic E-state index is -3.76. The molecule has 1 aromatic carbocycles. The largest absolute Gasteiger partial charge is 0.491 e. The maximum atomic E-state index is 13.6. The van der Waals surface area contributed by atoms with Crippen LogP contribution in [0.15, 0.2) is 30.3 Å². The fraction of sp³-hybridized carbons (Fsp3) is 0.391. The third kappa shape index (κ3) is 4.60. The van der Waals surface area contributed by atoms with Gasteiger partial charge < -0.3 is 14.8 Å². The Morgan fingerprint density at radius 2 is 2.03 bits per heavy atom. The summed E-state index contributed by atoms with van der Waals surface area (Å²) in [4.78, 5) is 44.3. The Morgan fingerprint density at radius 3 is 2.68 bits per heavy atom. The van der Waals surface area contributed by atoms with E-state index in [0.717, 1.165) is 24.0 Å². The molecule has 34 heavy (non-hydrogen) atoms. The van der Waals surface area contributed by atoms with Crippen molar-refractivity contribution in [3.63, 3.8) is 0 Å². The number of hydrogen-bond donors (Lipinski definition) is 1. The van der Waals surface area contributed by atoms with Crippen LogP contribution in [0.2, 0.25) is 0 Å². The molecule has 1 aromatic heterocycles. The Morgan fingerprint density at radius 1 is 1.26 bits per heavy atom. The number of ether oxygens (including phenoxy) is 2. The number of nitrogens with zero attached hydrogens (tertiary/aromatic N) is 2. The molecule has 0 spiro atoms. The molecular formula is C23H25N3O7S. The highest BCUT2D eigenvalue weighted by molar-refractivity contribution is 7.90. The van der Waals surface area contributed by atoms with Crippen molar-refractivity contribution in [3.8, 4) is 11.6 Å². The average Bonchev–Trinajstić information content (AvgIpc) is 3.60. The van der Waals surface area contributed by atoms with E-state index in [-0.39, 0.29) is 52.6 Å². The van der Waals surface area contributed by atoms with Crippen molar-refractivity contribution < 1.29 is 36.4 Å². The van der Waals surface area contributed by atoms with Crippen molar-refractivity contribution in [2.24, 2.45) is 5.92 Å². The summed E-state index contributed by atoms with van der Waals surface area (Å²) < 4.78 is 57.0. The standard InChI is InChI=1S/C23H25N3O7S/c1-4-33-21-18(32-2)11-10-15(25-21)17(12-34(3,30)31)26-22(28)14-6-5-7-16(19(14)23(26)29)24-20(27)13-8-9-13/h5-7,10-11,13,17H,4,8-9,12H2,1-3H3,(H,24,27)/t17-/m1/s1/i2D3. The molecule has 0 radical (unpaired) electrons. The molecule has 3 amide bonds. The number of methoxy groups -OCH3 is 1. The monoisotopic (exact) mass is 490 g/mol. The van der Waals surface area contributed by atoms with Crippen LogP contribution in [0.25, 0.3) is 0 Å². The summed E-state index contributed by atoms with van der Waals surface area (Å²) >= 11 is 0. The summed E-state index contributed by atoms with van der Waals surface area (Å²) in [6.07, 6.45) is 2.44. The van der Waals surface area contributed by atoms with Crippen molar-refractivity contribution in [1.82, 2.24) is 9.88 Å². The number of benzene rings is 1. The fourth-order valence-corrected chi connectivity index (χ4v) is 4.69. The number of hydrogen-bond acceptors (Lipinski definition) is 8. The number of nitrogens with one attached hydrogen (secondary N) is 1. The highest BCUT2D eigenvalue weighted by Gasteiger charge is 2.44. The molecule has 180 valence electrons. The van der Waals surface area contributed by atoms with E-state index >= 15 is 0 Å². The van der Waals surface area contributed by atoms with Crippen LogP contribution in [0.5, 0.6) is 11.6 Å². The van der Waals surface area contributed by atoms with E-state index in [1.165, 1.54) is 30.3 Å². The van der Waals surface area contributed by atoms with Gasteiger partial charge in [0.2, 0.25) is 5.91 Å². The zero-order valence-electron chi connectivity index (χ0n) is 21.5. The van der Waals surface area contributed by atoms with E-state index in [9.17, 15) is 22.8 Å². The second-order valence-corrected chi connectivity index (χ2v) is 10.3. The molecule has 1 aliphatic heterocycles. The van der Waals surface area contributed by atoms with Gasteiger partial charge in [-0.25, -0.2) is 13.4 Å². The highest BCUT2D eigenvalue weighted by Crippen LogP contribution is 2.38. The fourth-order valence-electron chi connectivity index (χ4n) is 3.80. The van der Waals surface area contributed by atoms with Gasteiger partial charge in [-0.2, -0.15) is 0 Å². The van der Waals surface area contributed by atoms with E-state index in [2.05, 4.69) is 10.3 Å². The SMILES string of the molecule is [2H]C([2H])([2H])Oc1ccc([C@@H](CS(C)(=O)=O)N2C(=O)c3cccc(NC(=O)C4CC4)c3C2=O)nc1OCC. The zero-order chi connectivity index (χ0) is 27.1. The number of carbonyl (C=O) groups excluding carboxylic acids is 3. The zero-order valence-corrected chi connectivity index (χ0v) is 19.3. The van der Waals surface area contributed by atoms with Gasteiger partial charge in [0.25, 0.3) is 17.7 Å². The first-order valence-electron chi connectivity index (χ1n) is 12.1. The quantitative estimate of drug-likeness (QED) is 0.529. The summed E-state index contributed by atoms with van der Waals surface area (Å²) in [6.45, 7) is 1.71. The summed E-state index contributed by atoms with van der Waals surface area (Å²) in [5.74, 6) is -3.04. The van der Waals surface area contributed by atoms with E-state index in [1.54, 1.807) is 6.92 Å². The first-order valence-corrected chi connectivity index (χ1v) is 12.7. The molecule has 2 aromatic rings. The van der Waals surface area contributed by atoms with Gasteiger partial charge in [-0.3, -0.25) is 19.3 Å². The van der Waals surface area contributed by atoms with Crippen LogP contribution in [0, 0.1) is 5.92 Å². The van der Waals surface area contributed by atoms with E-state index in [0.29, 0.717) is 0 Å². The average molecular weight is 491 g/mol. The predicted molar refractivity (Wildman–Crippen MR) is 123 cm³/mol. The van der Waals surface area contributed by atoms with Crippen LogP contribution in [0.1, 0.15) is 56.3 Å². The molecule has 11 heteroatoms. The second-order valence-electron chi connectivity index (χ2n) is 8.15. The Hall–Kier alpha value is -3.47. The summed E-state index contributed by atoms with van der Waals surface area (Å²) in [5.41, 5.74) is 0.124. The molecule has 2 aliphatic rings. The Labute approximate surface area is 201 Å². The van der Waals surface area contributed by atoms with Gasteiger partial charge in [-0.1, -0.05) is 6.07 Å². The summed E-state index contributed by atoms with van der Waals surface area (Å²) in [5, 5.41) is 2.70. The molecule has 0 bridgehead atoms. The second kappa shape index (κ2) is 9.05. The number of anilines is 1. The molecule has 1 atom stereocenters. The van der Waals surface area contributed by atoms with Crippen LogP contribution in [-0.4, -0.2) is 61.7 Å². The lowest BCUT2D eigenvalue weighted by Gasteiger charge is -2.26. The normalized spacial score (nSPS) is 17.9. The van der Waals surface area contributed by atoms with Crippen LogP contribution in [-0.2, 0) is 14.6 Å². The molecule has 1 aliphatic carbocycles. The van der Waals surface area contributed by atoms with Gasteiger partial charge in [0.15, 0.2) is 5.75 Å². The van der Waals surface area contributed by atoms with Crippen molar-refractivity contribution >= 4 is 33.2 Å². The van der Waals surface area contributed by atoms with Crippen molar-refractivity contribution in [2.75, 3.05) is 31.0 Å².